The SMILES string of the molecule is CC(C)CCC[C@@H](C)CCC[C@@H](C)CCC[C@@H](C)CC(=O)OC[C@H](COP(=O)(O)OCC[N+](C)(C)C)OC(=O)C[C@H](C)CCC[C@H](C)CCC[C@H](C)CCCC(C)C. The van der Waals surface area contributed by atoms with E-state index in [2.05, 4.69) is 69.2 Å². The Morgan fingerprint density at radius 2 is 0.845 bits per heavy atom. The lowest BCUT2D eigenvalue weighted by Crippen LogP contribution is -2.37. The normalized spacial score (nSPS) is 17.0. The molecule has 0 bridgehead atoms. The number of ether oxygens (including phenoxy) is 2. The molecule has 1 N–H and O–H groups in total. The highest BCUT2D eigenvalue weighted by Gasteiger charge is 2.28. The van der Waals surface area contributed by atoms with Crippen LogP contribution in [0, 0.1) is 47.3 Å². The molecule has 346 valence electrons. The van der Waals surface area contributed by atoms with Crippen molar-refractivity contribution in [1.82, 2.24) is 0 Å². The van der Waals surface area contributed by atoms with Gasteiger partial charge in [0.25, 0.3) is 0 Å². The van der Waals surface area contributed by atoms with E-state index in [1.165, 1.54) is 77.0 Å². The van der Waals surface area contributed by atoms with Crippen LogP contribution in [0.3, 0.4) is 0 Å². The van der Waals surface area contributed by atoms with Crippen LogP contribution >= 0.6 is 7.82 Å². The Morgan fingerprint density at radius 3 is 1.21 bits per heavy atom. The number of nitrogens with zero attached hydrogens (tertiary/aromatic N) is 1. The minimum Gasteiger partial charge on any atom is -0.462 e. The quantitative estimate of drug-likeness (QED) is 0.0372. The zero-order valence-corrected chi connectivity index (χ0v) is 41.3. The molecule has 0 saturated heterocycles. The molecule has 0 heterocycles. The summed E-state index contributed by atoms with van der Waals surface area (Å²) in [5, 5.41) is 0. The zero-order chi connectivity index (χ0) is 44.1. The molecule has 0 aromatic carbocycles. The minimum absolute atomic E-state index is 0.0266. The van der Waals surface area contributed by atoms with E-state index < -0.39 is 26.5 Å². The molecule has 0 fully saturated rings. The Morgan fingerprint density at radius 1 is 0.500 bits per heavy atom. The molecule has 0 aromatic heterocycles. The van der Waals surface area contributed by atoms with E-state index in [1.54, 1.807) is 0 Å². The van der Waals surface area contributed by atoms with Gasteiger partial charge in [0.05, 0.1) is 27.7 Å². The van der Waals surface area contributed by atoms with Gasteiger partial charge in [-0.25, -0.2) is 4.57 Å². The van der Waals surface area contributed by atoms with Gasteiger partial charge in [-0.15, -0.1) is 0 Å². The van der Waals surface area contributed by atoms with Crippen LogP contribution in [0.25, 0.3) is 0 Å². The maximum absolute atomic E-state index is 13.1. The second kappa shape index (κ2) is 32.7. The van der Waals surface area contributed by atoms with Gasteiger partial charge in [-0.3, -0.25) is 18.6 Å². The predicted octanol–water partition coefficient (Wildman–Crippen LogP) is 13.2. The van der Waals surface area contributed by atoms with Gasteiger partial charge in [0, 0.05) is 12.8 Å². The summed E-state index contributed by atoms with van der Waals surface area (Å²) in [6, 6.07) is 0. The van der Waals surface area contributed by atoms with Gasteiger partial charge < -0.3 is 18.9 Å². The maximum atomic E-state index is 13.1. The lowest BCUT2D eigenvalue weighted by atomic mass is 9.91. The zero-order valence-electron chi connectivity index (χ0n) is 40.4. The third-order valence-electron chi connectivity index (χ3n) is 11.7. The molecule has 0 aliphatic rings. The van der Waals surface area contributed by atoms with E-state index in [1.807, 2.05) is 21.1 Å². The van der Waals surface area contributed by atoms with Crippen LogP contribution in [-0.4, -0.2) is 74.9 Å². The number of carbonyl (C=O) groups excluding carboxylic acids is 2. The molecule has 0 aliphatic carbocycles. The van der Waals surface area contributed by atoms with E-state index in [0.29, 0.717) is 22.9 Å². The molecule has 0 radical (unpaired) electrons. The predicted molar refractivity (Wildman–Crippen MR) is 242 cm³/mol. The van der Waals surface area contributed by atoms with Crippen molar-refractivity contribution in [3.05, 3.63) is 0 Å². The number of carbonyl (C=O) groups is 2. The Balaban J connectivity index is 4.82. The number of rotatable bonds is 38. The molecule has 0 rings (SSSR count). The first-order chi connectivity index (χ1) is 27.1. The van der Waals surface area contributed by atoms with Gasteiger partial charge >= 0.3 is 19.8 Å². The van der Waals surface area contributed by atoms with Crippen molar-refractivity contribution in [1.29, 1.82) is 0 Å². The van der Waals surface area contributed by atoms with Gasteiger partial charge in [0.2, 0.25) is 0 Å². The summed E-state index contributed by atoms with van der Waals surface area (Å²) in [6.07, 6.45) is 21.4. The first kappa shape index (κ1) is 57.0. The van der Waals surface area contributed by atoms with E-state index in [-0.39, 0.29) is 43.9 Å². The average Bonchev–Trinajstić information content (AvgIpc) is 3.08. The minimum atomic E-state index is -4.40. The second-order valence-electron chi connectivity index (χ2n) is 20.8. The average molecular weight is 847 g/mol. The fourth-order valence-electron chi connectivity index (χ4n) is 7.60. The fraction of sp³-hybridized carbons (Fsp3) is 0.958. The molecular weight excluding hydrogens is 750 g/mol. The highest BCUT2D eigenvalue weighted by atomic mass is 31.2. The summed E-state index contributed by atoms with van der Waals surface area (Å²) in [5.74, 6) is 4.00. The largest absolute Gasteiger partial charge is 0.472 e. The van der Waals surface area contributed by atoms with Gasteiger partial charge in [-0.2, -0.15) is 0 Å². The maximum Gasteiger partial charge on any atom is 0.472 e. The van der Waals surface area contributed by atoms with Gasteiger partial charge in [-0.1, -0.05) is 185 Å². The van der Waals surface area contributed by atoms with E-state index in [0.717, 1.165) is 62.2 Å². The number of phosphoric ester groups is 1. The summed E-state index contributed by atoms with van der Waals surface area (Å²) >= 11 is 0. The van der Waals surface area contributed by atoms with Crippen LogP contribution in [-0.2, 0) is 32.7 Å². The van der Waals surface area contributed by atoms with Crippen LogP contribution in [0.5, 0.6) is 0 Å². The molecule has 0 amide bonds. The Hall–Kier alpha value is -0.990. The number of hydrogen-bond acceptors (Lipinski definition) is 7. The fourth-order valence-corrected chi connectivity index (χ4v) is 8.34. The molecule has 0 aromatic rings. The lowest BCUT2D eigenvalue weighted by molar-refractivity contribution is -0.870. The van der Waals surface area contributed by atoms with Crippen LogP contribution in [0.1, 0.15) is 198 Å². The monoisotopic (exact) mass is 847 g/mol. The summed E-state index contributed by atoms with van der Waals surface area (Å²) in [7, 11) is 1.46. The third-order valence-corrected chi connectivity index (χ3v) is 12.7. The number of quaternary nitrogens is 1. The van der Waals surface area contributed by atoms with Crippen LogP contribution in [0.2, 0.25) is 0 Å². The van der Waals surface area contributed by atoms with Crippen molar-refractivity contribution in [3.8, 4) is 0 Å². The van der Waals surface area contributed by atoms with Gasteiger partial charge in [0.15, 0.2) is 6.10 Å². The Labute approximate surface area is 359 Å². The molecule has 1 unspecified atom stereocenters. The summed E-state index contributed by atoms with van der Waals surface area (Å²) in [4.78, 5) is 36.2. The van der Waals surface area contributed by atoms with E-state index in [4.69, 9.17) is 18.5 Å². The van der Waals surface area contributed by atoms with Crippen molar-refractivity contribution in [2.24, 2.45) is 47.3 Å². The lowest BCUT2D eigenvalue weighted by Gasteiger charge is -2.24. The summed E-state index contributed by atoms with van der Waals surface area (Å²) < 4.78 is 34.9. The number of phosphoric acid groups is 1. The highest BCUT2D eigenvalue weighted by Crippen LogP contribution is 2.43. The van der Waals surface area contributed by atoms with E-state index in [9.17, 15) is 19.0 Å². The van der Waals surface area contributed by atoms with Gasteiger partial charge in [0.1, 0.15) is 19.8 Å². The molecule has 10 heteroatoms. The summed E-state index contributed by atoms with van der Waals surface area (Å²) in [5.41, 5.74) is 0. The van der Waals surface area contributed by atoms with Crippen molar-refractivity contribution >= 4 is 19.8 Å². The standard InChI is InChI=1S/C48H96NO8P/c1-38(2)20-14-22-40(5)24-16-26-42(7)28-18-30-44(9)34-47(50)54-36-46(37-56-58(52,53)55-33-32-49(11,12)13)57-48(51)35-45(10)31-19-29-43(8)27-17-25-41(6)23-15-21-39(3)4/h38-46H,14-37H2,1-13H3/p+1/t40-,41-,42-,43-,44-,45-,46-/m1/s1. The van der Waals surface area contributed by atoms with Crippen LogP contribution < -0.4 is 0 Å². The number of hydrogen-bond donors (Lipinski definition) is 1. The molecule has 0 spiro atoms. The molecule has 0 saturated carbocycles. The first-order valence-corrected chi connectivity index (χ1v) is 25.3. The smallest absolute Gasteiger partial charge is 0.462 e. The van der Waals surface area contributed by atoms with Crippen LogP contribution in [0.4, 0.5) is 0 Å². The third kappa shape index (κ3) is 36.8. The first-order valence-electron chi connectivity index (χ1n) is 23.8. The number of likely N-dealkylation sites (N-methyl/N-ethyl adjacent to an activating group) is 1. The second-order valence-corrected chi connectivity index (χ2v) is 22.3. The summed E-state index contributed by atoms with van der Waals surface area (Å²) in [6.45, 7) is 22.7. The topological polar surface area (TPSA) is 108 Å². The van der Waals surface area contributed by atoms with Crippen molar-refractivity contribution < 1.29 is 42.1 Å². The molecule has 58 heavy (non-hydrogen) atoms. The Bertz CT molecular complexity index is 1080. The molecular formula is C48H97NO8P+. The van der Waals surface area contributed by atoms with Crippen molar-refractivity contribution in [3.63, 3.8) is 0 Å². The Kier molecular flexibility index (Phi) is 32.1. The highest BCUT2D eigenvalue weighted by molar-refractivity contribution is 7.47. The van der Waals surface area contributed by atoms with E-state index >= 15 is 0 Å². The van der Waals surface area contributed by atoms with Crippen LogP contribution in [0.15, 0.2) is 0 Å². The van der Waals surface area contributed by atoms with Gasteiger partial charge in [-0.05, 0) is 47.3 Å². The van der Waals surface area contributed by atoms with Crippen molar-refractivity contribution in [2.75, 3.05) is 47.5 Å². The number of esters is 2. The molecule has 9 nitrogen and oxygen atoms in total. The van der Waals surface area contributed by atoms with Crippen molar-refractivity contribution in [2.45, 2.75) is 204 Å². The molecule has 8 atom stereocenters. The molecule has 0 aliphatic heterocycles.